The summed E-state index contributed by atoms with van der Waals surface area (Å²) in [5.74, 6) is 1.19. The molecule has 0 saturated heterocycles. The van der Waals surface area contributed by atoms with Crippen molar-refractivity contribution in [2.24, 2.45) is 11.8 Å². The Hall–Kier alpha value is -1.60. The lowest BCUT2D eigenvalue weighted by Gasteiger charge is -2.33. The van der Waals surface area contributed by atoms with E-state index in [0.717, 1.165) is 0 Å². The van der Waals surface area contributed by atoms with Crippen LogP contribution in [0, 0.1) is 11.8 Å². The summed E-state index contributed by atoms with van der Waals surface area (Å²) < 4.78 is 0. The van der Waals surface area contributed by atoms with Crippen molar-refractivity contribution in [3.05, 3.63) is 70.8 Å². The van der Waals surface area contributed by atoms with Crippen LogP contribution >= 0.6 is 0 Å². The highest BCUT2D eigenvalue weighted by Crippen LogP contribution is 2.54. The maximum atomic E-state index is 10.8. The van der Waals surface area contributed by atoms with Crippen molar-refractivity contribution in [3.63, 3.8) is 0 Å². The van der Waals surface area contributed by atoms with Gasteiger partial charge in [0.15, 0.2) is 0 Å². The van der Waals surface area contributed by atoms with Gasteiger partial charge in [0, 0.05) is 11.8 Å². The SMILES string of the molecule is CC1C2c3ccccc3C(c3ccccc32)C(C)C1O. The second-order valence-corrected chi connectivity index (χ2v) is 6.42. The molecule has 0 spiro atoms. The Bertz CT molecular complexity index is 557. The van der Waals surface area contributed by atoms with Gasteiger partial charge in [-0.3, -0.25) is 0 Å². The predicted molar refractivity (Wildman–Crippen MR) is 80.9 cm³/mol. The Morgan fingerprint density at radius 1 is 0.650 bits per heavy atom. The van der Waals surface area contributed by atoms with Gasteiger partial charge < -0.3 is 5.11 Å². The Labute approximate surface area is 120 Å². The molecule has 1 heteroatoms. The van der Waals surface area contributed by atoms with E-state index in [1.807, 2.05) is 0 Å². The molecule has 0 aliphatic heterocycles. The standard InChI is InChI=1S/C19H20O/c1-11-17-13-7-3-5-9-15(13)18(12(2)19(11)20)16-10-6-4-8-14(16)17/h3-12,17-20H,1-2H3. The number of hydrogen-bond acceptors (Lipinski definition) is 1. The van der Waals surface area contributed by atoms with Crippen LogP contribution in [0.25, 0.3) is 0 Å². The molecule has 1 nitrogen and oxygen atoms in total. The van der Waals surface area contributed by atoms with Crippen LogP contribution in [-0.2, 0) is 0 Å². The molecule has 2 atom stereocenters. The lowest BCUT2D eigenvalue weighted by molar-refractivity contribution is 0.0614. The van der Waals surface area contributed by atoms with E-state index < -0.39 is 0 Å². The molecule has 102 valence electrons. The Balaban J connectivity index is 2.07. The zero-order valence-corrected chi connectivity index (χ0v) is 12.0. The zero-order valence-electron chi connectivity index (χ0n) is 12.0. The molecule has 2 aromatic carbocycles. The van der Waals surface area contributed by atoms with E-state index in [1.54, 1.807) is 0 Å². The van der Waals surface area contributed by atoms with Crippen LogP contribution in [0.1, 0.15) is 47.9 Å². The van der Waals surface area contributed by atoms with Crippen molar-refractivity contribution in [3.8, 4) is 0 Å². The van der Waals surface area contributed by atoms with Gasteiger partial charge in [0.05, 0.1) is 6.10 Å². The number of aliphatic hydroxyl groups excluding tert-OH is 1. The topological polar surface area (TPSA) is 20.2 Å². The van der Waals surface area contributed by atoms with E-state index in [2.05, 4.69) is 62.4 Å². The Morgan fingerprint density at radius 3 is 1.25 bits per heavy atom. The largest absolute Gasteiger partial charge is 0.393 e. The summed E-state index contributed by atoms with van der Waals surface area (Å²) in [5.41, 5.74) is 5.69. The predicted octanol–water partition coefficient (Wildman–Crippen LogP) is 3.91. The van der Waals surface area contributed by atoms with E-state index in [9.17, 15) is 5.11 Å². The average Bonchev–Trinajstić information content (AvgIpc) is 2.62. The number of fused-ring (bicyclic) bond motifs is 2. The van der Waals surface area contributed by atoms with Gasteiger partial charge in [-0.2, -0.15) is 0 Å². The van der Waals surface area contributed by atoms with Crippen LogP contribution in [0.2, 0.25) is 0 Å². The number of benzene rings is 2. The van der Waals surface area contributed by atoms with Crippen molar-refractivity contribution >= 4 is 0 Å². The smallest absolute Gasteiger partial charge is 0.0609 e. The molecular formula is C19H20O. The van der Waals surface area contributed by atoms with Crippen LogP contribution in [0.4, 0.5) is 0 Å². The van der Waals surface area contributed by atoms with Crippen LogP contribution in [0.15, 0.2) is 48.5 Å². The Kier molecular flexibility index (Phi) is 2.55. The van der Waals surface area contributed by atoms with Gasteiger partial charge in [0.1, 0.15) is 0 Å². The molecule has 5 rings (SSSR count). The van der Waals surface area contributed by atoms with Crippen molar-refractivity contribution in [2.45, 2.75) is 31.8 Å². The number of rotatable bonds is 0. The van der Waals surface area contributed by atoms with Crippen molar-refractivity contribution in [2.75, 3.05) is 0 Å². The molecule has 0 saturated carbocycles. The van der Waals surface area contributed by atoms with Crippen molar-refractivity contribution in [1.82, 2.24) is 0 Å². The molecule has 2 aromatic rings. The molecule has 0 fully saturated rings. The molecule has 1 N–H and O–H groups in total. The van der Waals surface area contributed by atoms with Gasteiger partial charge in [0.2, 0.25) is 0 Å². The minimum atomic E-state index is -0.246. The minimum absolute atomic E-state index is 0.246. The highest BCUT2D eigenvalue weighted by Gasteiger charge is 2.45. The molecule has 20 heavy (non-hydrogen) atoms. The van der Waals surface area contributed by atoms with Crippen LogP contribution in [0.5, 0.6) is 0 Å². The molecule has 3 aliphatic carbocycles. The average molecular weight is 264 g/mol. The fourth-order valence-electron chi connectivity index (χ4n) is 4.50. The monoisotopic (exact) mass is 264 g/mol. The van der Waals surface area contributed by atoms with Crippen molar-refractivity contribution < 1.29 is 5.11 Å². The minimum Gasteiger partial charge on any atom is -0.393 e. The third-order valence-electron chi connectivity index (χ3n) is 5.46. The Morgan fingerprint density at radius 2 is 0.950 bits per heavy atom. The van der Waals surface area contributed by atoms with E-state index >= 15 is 0 Å². The normalized spacial score (nSPS) is 34.2. The molecule has 3 aliphatic rings. The summed E-state index contributed by atoms with van der Waals surface area (Å²) in [7, 11) is 0. The molecular weight excluding hydrogens is 244 g/mol. The van der Waals surface area contributed by atoms with Crippen LogP contribution in [0.3, 0.4) is 0 Å². The fourth-order valence-corrected chi connectivity index (χ4v) is 4.50. The first-order chi connectivity index (χ1) is 9.70. The summed E-state index contributed by atoms with van der Waals surface area (Å²) in [6.07, 6.45) is -0.246. The maximum Gasteiger partial charge on any atom is 0.0609 e. The molecule has 0 heterocycles. The van der Waals surface area contributed by atoms with Crippen LogP contribution in [-0.4, -0.2) is 11.2 Å². The van der Waals surface area contributed by atoms with Gasteiger partial charge in [-0.25, -0.2) is 0 Å². The summed E-state index contributed by atoms with van der Waals surface area (Å²) in [6, 6.07) is 17.5. The highest BCUT2D eigenvalue weighted by molar-refractivity contribution is 5.55. The van der Waals surface area contributed by atoms with Gasteiger partial charge in [-0.05, 0) is 34.1 Å². The third-order valence-corrected chi connectivity index (χ3v) is 5.46. The second kappa shape index (κ2) is 4.20. The lowest BCUT2D eigenvalue weighted by atomic mass is 9.71. The van der Waals surface area contributed by atoms with Gasteiger partial charge in [-0.15, -0.1) is 0 Å². The van der Waals surface area contributed by atoms with Gasteiger partial charge >= 0.3 is 0 Å². The molecule has 2 bridgehead atoms. The maximum absolute atomic E-state index is 10.8. The fraction of sp³-hybridized carbons (Fsp3) is 0.368. The summed E-state index contributed by atoms with van der Waals surface area (Å²) in [6.45, 7) is 4.40. The number of hydrogen-bond donors (Lipinski definition) is 1. The first-order valence-corrected chi connectivity index (χ1v) is 7.56. The molecule has 0 aromatic heterocycles. The second-order valence-electron chi connectivity index (χ2n) is 6.42. The first-order valence-electron chi connectivity index (χ1n) is 7.56. The van der Waals surface area contributed by atoms with E-state index in [0.29, 0.717) is 11.8 Å². The van der Waals surface area contributed by atoms with E-state index in [1.165, 1.54) is 22.3 Å². The quantitative estimate of drug-likeness (QED) is 0.765. The van der Waals surface area contributed by atoms with E-state index in [4.69, 9.17) is 0 Å². The third kappa shape index (κ3) is 1.42. The summed E-state index contributed by atoms with van der Waals surface area (Å²) >= 11 is 0. The van der Waals surface area contributed by atoms with Crippen molar-refractivity contribution in [1.29, 1.82) is 0 Å². The van der Waals surface area contributed by atoms with Gasteiger partial charge in [0.25, 0.3) is 0 Å². The molecule has 2 unspecified atom stereocenters. The number of aliphatic hydroxyl groups is 1. The van der Waals surface area contributed by atoms with Gasteiger partial charge in [-0.1, -0.05) is 62.4 Å². The molecule has 0 amide bonds. The highest BCUT2D eigenvalue weighted by atomic mass is 16.3. The lowest BCUT2D eigenvalue weighted by Crippen LogP contribution is -2.27. The van der Waals surface area contributed by atoms with Crippen LogP contribution < -0.4 is 0 Å². The van der Waals surface area contributed by atoms with E-state index in [-0.39, 0.29) is 17.9 Å². The first kappa shape index (κ1) is 12.2. The summed E-state index contributed by atoms with van der Waals surface area (Å²) in [5, 5.41) is 10.8. The summed E-state index contributed by atoms with van der Waals surface area (Å²) in [4.78, 5) is 0. The molecule has 0 radical (unpaired) electrons. The zero-order chi connectivity index (χ0) is 13.9.